The van der Waals surface area contributed by atoms with Crippen molar-refractivity contribution in [1.82, 2.24) is 4.90 Å². The molecule has 1 aromatic carbocycles. The van der Waals surface area contributed by atoms with Crippen LogP contribution in [0, 0.1) is 5.92 Å². The monoisotopic (exact) mass is 292 g/mol. The molecule has 1 saturated carbocycles. The van der Waals surface area contributed by atoms with Crippen LogP contribution in [0.15, 0.2) is 18.2 Å². The zero-order valence-electron chi connectivity index (χ0n) is 13.6. The third-order valence-corrected chi connectivity index (χ3v) is 4.25. The lowest BCUT2D eigenvalue weighted by atomic mass is 10.0. The van der Waals surface area contributed by atoms with Gasteiger partial charge in [-0.05, 0) is 50.3 Å². The Morgan fingerprint density at radius 2 is 1.86 bits per heavy atom. The predicted octanol–water partition coefficient (Wildman–Crippen LogP) is 2.82. The fraction of sp³-hybridized carbons (Fsp3) is 0.647. The van der Waals surface area contributed by atoms with Crippen molar-refractivity contribution >= 4 is 0 Å². The molecular formula is C17H28N2O2. The van der Waals surface area contributed by atoms with Gasteiger partial charge in [0.2, 0.25) is 0 Å². The summed E-state index contributed by atoms with van der Waals surface area (Å²) in [6, 6.07) is 6.82. The molecule has 0 spiro atoms. The van der Waals surface area contributed by atoms with E-state index in [9.17, 15) is 0 Å². The average Bonchev–Trinajstić information content (AvgIpc) is 3.30. The molecule has 1 aromatic rings. The van der Waals surface area contributed by atoms with Crippen LogP contribution in [0.3, 0.4) is 0 Å². The molecule has 0 bridgehead atoms. The molecule has 0 aromatic heterocycles. The van der Waals surface area contributed by atoms with Crippen LogP contribution in [0.25, 0.3) is 0 Å². The Bertz CT molecular complexity index is 458. The van der Waals surface area contributed by atoms with Gasteiger partial charge in [0.1, 0.15) is 0 Å². The van der Waals surface area contributed by atoms with Crippen molar-refractivity contribution in [3.63, 3.8) is 0 Å². The minimum Gasteiger partial charge on any atom is -0.493 e. The second kappa shape index (κ2) is 7.14. The van der Waals surface area contributed by atoms with Gasteiger partial charge in [0.05, 0.1) is 14.2 Å². The maximum Gasteiger partial charge on any atom is 0.161 e. The largest absolute Gasteiger partial charge is 0.493 e. The minimum atomic E-state index is 0.227. The van der Waals surface area contributed by atoms with Crippen molar-refractivity contribution in [2.75, 3.05) is 27.3 Å². The van der Waals surface area contributed by atoms with Gasteiger partial charge in [0.15, 0.2) is 11.5 Å². The Morgan fingerprint density at radius 3 is 2.33 bits per heavy atom. The first-order valence-corrected chi connectivity index (χ1v) is 7.78. The Hall–Kier alpha value is -1.26. The lowest BCUT2D eigenvalue weighted by molar-refractivity contribution is 0.149. The molecule has 2 rings (SSSR count). The van der Waals surface area contributed by atoms with E-state index in [1.165, 1.54) is 18.4 Å². The van der Waals surface area contributed by atoms with Crippen molar-refractivity contribution in [3.05, 3.63) is 23.8 Å². The molecule has 118 valence electrons. The Morgan fingerprint density at radius 1 is 1.19 bits per heavy atom. The lowest BCUT2D eigenvalue weighted by Crippen LogP contribution is -2.40. The first kappa shape index (κ1) is 16.1. The number of rotatable bonds is 8. The Balaban J connectivity index is 2.25. The number of nitrogens with zero attached hydrogens (tertiary/aromatic N) is 1. The third kappa shape index (κ3) is 3.89. The number of hydrogen-bond acceptors (Lipinski definition) is 4. The molecule has 0 aliphatic heterocycles. The highest BCUT2D eigenvalue weighted by Crippen LogP contribution is 2.36. The van der Waals surface area contributed by atoms with Gasteiger partial charge in [-0.1, -0.05) is 6.07 Å². The molecule has 2 N–H and O–H groups in total. The molecule has 1 fully saturated rings. The molecule has 1 aliphatic carbocycles. The zero-order valence-corrected chi connectivity index (χ0v) is 13.6. The van der Waals surface area contributed by atoms with E-state index in [-0.39, 0.29) is 6.04 Å². The van der Waals surface area contributed by atoms with Gasteiger partial charge in [-0.3, -0.25) is 4.90 Å². The van der Waals surface area contributed by atoms with Gasteiger partial charge in [0.25, 0.3) is 0 Å². The van der Waals surface area contributed by atoms with E-state index in [1.54, 1.807) is 14.2 Å². The van der Waals surface area contributed by atoms with Gasteiger partial charge in [-0.15, -0.1) is 0 Å². The van der Waals surface area contributed by atoms with Gasteiger partial charge >= 0.3 is 0 Å². The zero-order chi connectivity index (χ0) is 15.4. The summed E-state index contributed by atoms with van der Waals surface area (Å²) in [6.07, 6.45) is 2.71. The van der Waals surface area contributed by atoms with Gasteiger partial charge in [-0.25, -0.2) is 0 Å². The molecule has 21 heavy (non-hydrogen) atoms. The van der Waals surface area contributed by atoms with Crippen LogP contribution in [0.2, 0.25) is 0 Å². The van der Waals surface area contributed by atoms with Crippen LogP contribution in [0.5, 0.6) is 11.5 Å². The number of benzene rings is 1. The van der Waals surface area contributed by atoms with Gasteiger partial charge in [0, 0.05) is 25.2 Å². The van der Waals surface area contributed by atoms with E-state index < -0.39 is 0 Å². The summed E-state index contributed by atoms with van der Waals surface area (Å²) < 4.78 is 10.7. The second-order valence-corrected chi connectivity index (χ2v) is 6.10. The fourth-order valence-electron chi connectivity index (χ4n) is 2.82. The van der Waals surface area contributed by atoms with E-state index >= 15 is 0 Å². The van der Waals surface area contributed by atoms with Crippen LogP contribution in [-0.4, -0.2) is 38.3 Å². The van der Waals surface area contributed by atoms with E-state index in [0.29, 0.717) is 12.6 Å². The first-order chi connectivity index (χ1) is 10.1. The van der Waals surface area contributed by atoms with Crippen LogP contribution in [0.1, 0.15) is 38.3 Å². The number of ether oxygens (including phenoxy) is 2. The standard InChI is InChI=1S/C17H28N2O2/c1-12(2)19(11-13-5-6-13)15(10-18)14-7-8-16(20-3)17(9-14)21-4/h7-9,12-13,15H,5-6,10-11,18H2,1-4H3. The van der Waals surface area contributed by atoms with Crippen molar-refractivity contribution in [2.24, 2.45) is 11.7 Å². The highest BCUT2D eigenvalue weighted by atomic mass is 16.5. The molecule has 1 atom stereocenters. The molecule has 0 heterocycles. The van der Waals surface area contributed by atoms with Crippen molar-refractivity contribution in [3.8, 4) is 11.5 Å². The lowest BCUT2D eigenvalue weighted by Gasteiger charge is -2.35. The van der Waals surface area contributed by atoms with Crippen molar-refractivity contribution in [2.45, 2.75) is 38.8 Å². The molecule has 0 radical (unpaired) electrons. The van der Waals surface area contributed by atoms with E-state index in [4.69, 9.17) is 15.2 Å². The van der Waals surface area contributed by atoms with E-state index in [2.05, 4.69) is 30.9 Å². The molecule has 4 heteroatoms. The van der Waals surface area contributed by atoms with Crippen LogP contribution in [-0.2, 0) is 0 Å². The van der Waals surface area contributed by atoms with Crippen LogP contribution >= 0.6 is 0 Å². The van der Waals surface area contributed by atoms with Gasteiger partial charge in [-0.2, -0.15) is 0 Å². The van der Waals surface area contributed by atoms with E-state index in [0.717, 1.165) is 24.0 Å². The van der Waals surface area contributed by atoms with Crippen LogP contribution < -0.4 is 15.2 Å². The van der Waals surface area contributed by atoms with Crippen molar-refractivity contribution in [1.29, 1.82) is 0 Å². The fourth-order valence-corrected chi connectivity index (χ4v) is 2.82. The average molecular weight is 292 g/mol. The summed E-state index contributed by atoms with van der Waals surface area (Å²) in [5.41, 5.74) is 7.29. The van der Waals surface area contributed by atoms with Crippen molar-refractivity contribution < 1.29 is 9.47 Å². The quantitative estimate of drug-likeness (QED) is 0.800. The predicted molar refractivity (Wildman–Crippen MR) is 85.9 cm³/mol. The molecule has 0 amide bonds. The first-order valence-electron chi connectivity index (χ1n) is 7.78. The highest BCUT2D eigenvalue weighted by molar-refractivity contribution is 5.44. The normalized spacial score (nSPS) is 16.3. The third-order valence-electron chi connectivity index (χ3n) is 4.25. The number of methoxy groups -OCH3 is 2. The Kier molecular flexibility index (Phi) is 5.48. The maximum absolute atomic E-state index is 6.09. The number of nitrogens with two attached hydrogens (primary N) is 1. The summed E-state index contributed by atoms with van der Waals surface area (Å²) in [5, 5.41) is 0. The molecule has 4 nitrogen and oxygen atoms in total. The van der Waals surface area contributed by atoms with E-state index in [1.807, 2.05) is 6.07 Å². The molecule has 1 unspecified atom stereocenters. The summed E-state index contributed by atoms with van der Waals surface area (Å²) >= 11 is 0. The number of hydrogen-bond donors (Lipinski definition) is 1. The Labute approximate surface area is 128 Å². The maximum atomic E-state index is 6.09. The SMILES string of the molecule is COc1ccc(C(CN)N(CC2CC2)C(C)C)cc1OC. The minimum absolute atomic E-state index is 0.227. The summed E-state index contributed by atoms with van der Waals surface area (Å²) in [7, 11) is 3.33. The van der Waals surface area contributed by atoms with Gasteiger partial charge < -0.3 is 15.2 Å². The highest BCUT2D eigenvalue weighted by Gasteiger charge is 2.30. The summed E-state index contributed by atoms with van der Waals surface area (Å²) in [6.45, 7) is 6.23. The summed E-state index contributed by atoms with van der Waals surface area (Å²) in [5.74, 6) is 2.38. The molecular weight excluding hydrogens is 264 g/mol. The second-order valence-electron chi connectivity index (χ2n) is 6.10. The van der Waals surface area contributed by atoms with Crippen LogP contribution in [0.4, 0.5) is 0 Å². The smallest absolute Gasteiger partial charge is 0.161 e. The molecule has 0 saturated heterocycles. The molecule has 1 aliphatic rings. The summed E-state index contributed by atoms with van der Waals surface area (Å²) in [4.78, 5) is 2.51. The topological polar surface area (TPSA) is 47.7 Å².